The van der Waals surface area contributed by atoms with E-state index in [0.717, 1.165) is 6.42 Å². The van der Waals surface area contributed by atoms with Gasteiger partial charge in [0.2, 0.25) is 0 Å². The van der Waals surface area contributed by atoms with Crippen LogP contribution in [0.5, 0.6) is 0 Å². The summed E-state index contributed by atoms with van der Waals surface area (Å²) in [5.74, 6) is 0. The molecule has 0 aromatic rings. The Morgan fingerprint density at radius 2 is 2.00 bits per heavy atom. The van der Waals surface area contributed by atoms with Gasteiger partial charge in [0.15, 0.2) is 0 Å². The van der Waals surface area contributed by atoms with Crippen LogP contribution in [-0.4, -0.2) is 6.79 Å². The summed E-state index contributed by atoms with van der Waals surface area (Å²) in [6.45, 7) is 6.33. The molecule has 1 N–H and O–H groups in total. The van der Waals surface area contributed by atoms with E-state index in [1.165, 1.54) is 0 Å². The van der Waals surface area contributed by atoms with Crippen LogP contribution in [0.3, 0.4) is 0 Å². The molecule has 0 amide bonds. The Hall–Kier alpha value is 1.32. The van der Waals surface area contributed by atoms with Crippen LogP contribution in [0.1, 0.15) is 27.2 Å². The van der Waals surface area contributed by atoms with Gasteiger partial charge in [-0.15, -0.1) is 0 Å². The van der Waals surface area contributed by atoms with Crippen molar-refractivity contribution >= 4 is 0 Å². The average Bonchev–Trinajstić information content (AvgIpc) is 1.67. The summed E-state index contributed by atoms with van der Waals surface area (Å²) in [5.41, 5.74) is 0.171. The van der Waals surface area contributed by atoms with Crippen LogP contribution in [0.15, 0.2) is 0 Å². The number of hydrogen-bond acceptors (Lipinski definition) is 1. The molecule has 0 aromatic heterocycles. The molecule has 0 aliphatic rings. The standard InChI is InChI=1S/C6H13O.Pr/c1-4-6(2,3)5-7;/h5,7H,4H2,1-3H3;. The first kappa shape index (κ1) is 9.32. The molecule has 1 unspecified atom stereocenters. The van der Waals surface area contributed by atoms with E-state index in [-0.39, 0.29) is 7.10 Å². The first-order valence-corrected chi connectivity index (χ1v) is 5.08. The quantitative estimate of drug-likeness (QED) is 0.773. The molecule has 0 aliphatic heterocycles. The van der Waals surface area contributed by atoms with E-state index in [4.69, 9.17) is 5.11 Å². The minimum atomic E-state index is -0.0208. The maximum atomic E-state index is 9.15. The van der Waals surface area contributed by atoms with Crippen molar-refractivity contribution in [2.75, 3.05) is 0 Å². The van der Waals surface area contributed by atoms with E-state index in [9.17, 15) is 0 Å². The van der Waals surface area contributed by atoms with Gasteiger partial charge < -0.3 is 0 Å². The summed E-state index contributed by atoms with van der Waals surface area (Å²) in [6.07, 6.45) is 1.07. The molecule has 0 fully saturated rings. The van der Waals surface area contributed by atoms with Crippen LogP contribution < -0.4 is 0 Å². The first-order chi connectivity index (χ1) is 3.50. The summed E-state index contributed by atoms with van der Waals surface area (Å²) in [6, 6.07) is 0. The fraction of sp³-hybridized carbons (Fsp3) is 1.00. The summed E-state index contributed by atoms with van der Waals surface area (Å²) < 4.78 is -0.0208. The van der Waals surface area contributed by atoms with Gasteiger partial charge in [-0.2, -0.15) is 0 Å². The molecule has 0 rings (SSSR count). The molecule has 8 heavy (non-hydrogen) atoms. The van der Waals surface area contributed by atoms with E-state index in [2.05, 4.69) is 20.8 Å². The summed E-state index contributed by atoms with van der Waals surface area (Å²) in [7, 11) is 0. The molecule has 0 spiro atoms. The molecule has 0 aliphatic carbocycles. The second-order valence-corrected chi connectivity index (χ2v) is 4.81. The van der Waals surface area contributed by atoms with Crippen molar-refractivity contribution in [3.63, 3.8) is 0 Å². The predicted molar refractivity (Wildman–Crippen MR) is 30.1 cm³/mol. The molecular formula is C6H13OPr. The predicted octanol–water partition coefficient (Wildman–Crippen LogP) is 1.29. The third kappa shape index (κ3) is 2.75. The molecule has 0 radical (unpaired) electrons. The van der Waals surface area contributed by atoms with Crippen molar-refractivity contribution in [1.82, 2.24) is 0 Å². The second kappa shape index (κ2) is 3.48. The number of aliphatic hydroxyl groups excluding tert-OH is 1. The Bertz CT molecular complexity index is 68.9. The molecule has 0 aromatic carbocycles. The van der Waals surface area contributed by atoms with Crippen LogP contribution >= 0.6 is 0 Å². The summed E-state index contributed by atoms with van der Waals surface area (Å²) in [4.78, 5) is 0. The van der Waals surface area contributed by atoms with E-state index in [1.54, 1.807) is 0 Å². The Labute approximate surface area is 77.8 Å². The zero-order valence-corrected chi connectivity index (χ0v) is 9.51. The zero-order chi connectivity index (χ0) is 6.78. The second-order valence-electron chi connectivity index (χ2n) is 2.79. The fourth-order valence-corrected chi connectivity index (χ4v) is 0.965. The molecule has 0 heterocycles. The Kier molecular flexibility index (Phi) is 4.06. The third-order valence-corrected chi connectivity index (χ3v) is 4.61. The topological polar surface area (TPSA) is 20.2 Å². The van der Waals surface area contributed by atoms with Gasteiger partial charge in [-0.1, -0.05) is 0 Å². The molecule has 0 saturated carbocycles. The van der Waals surface area contributed by atoms with Gasteiger partial charge in [-0.3, -0.25) is 0 Å². The van der Waals surface area contributed by atoms with Gasteiger partial charge in [-0.05, 0) is 0 Å². The summed E-state index contributed by atoms with van der Waals surface area (Å²) >= 11 is 0.704. The first-order valence-electron chi connectivity index (χ1n) is 2.94. The van der Waals surface area contributed by atoms with Crippen molar-refractivity contribution in [3.05, 3.63) is 0 Å². The molecular weight excluding hydrogens is 229 g/mol. The zero-order valence-electron chi connectivity index (χ0n) is 5.81. The Morgan fingerprint density at radius 3 is 2.00 bits per heavy atom. The van der Waals surface area contributed by atoms with Crippen LogP contribution in [-0.2, 0) is 0 Å². The van der Waals surface area contributed by atoms with Gasteiger partial charge in [0.25, 0.3) is 0 Å². The van der Waals surface area contributed by atoms with Crippen LogP contribution in [0.2, 0.25) is 0 Å². The number of aliphatic hydroxyl groups is 1. The third-order valence-electron chi connectivity index (χ3n) is 1.71. The normalized spacial score (nSPS) is 15.9. The molecule has 46 valence electrons. The average molecular weight is 242 g/mol. The number of rotatable bonds is 2. The number of hydrogen-bond donors (Lipinski definition) is 1. The van der Waals surface area contributed by atoms with Gasteiger partial charge in [0.05, 0.1) is 0 Å². The van der Waals surface area contributed by atoms with Crippen LogP contribution in [0.25, 0.3) is 0 Å². The summed E-state index contributed by atoms with van der Waals surface area (Å²) in [5, 5.41) is 9.15. The van der Waals surface area contributed by atoms with Crippen molar-refractivity contribution < 1.29 is 44.3 Å². The SMILES string of the molecule is CCC(C)(C)[CH](O)[Pr]. The van der Waals surface area contributed by atoms with E-state index in [1.807, 2.05) is 0 Å². The van der Waals surface area contributed by atoms with E-state index >= 15 is 0 Å². The van der Waals surface area contributed by atoms with E-state index in [0.29, 0.717) is 39.2 Å². The van der Waals surface area contributed by atoms with Gasteiger partial charge in [0.1, 0.15) is 0 Å². The minimum absolute atomic E-state index is 0.0208. The van der Waals surface area contributed by atoms with Gasteiger partial charge >= 0.3 is 78.6 Å². The molecule has 2 heteroatoms. The van der Waals surface area contributed by atoms with Gasteiger partial charge in [0, 0.05) is 0 Å². The van der Waals surface area contributed by atoms with Crippen molar-refractivity contribution in [1.29, 1.82) is 0 Å². The van der Waals surface area contributed by atoms with Gasteiger partial charge in [-0.25, -0.2) is 0 Å². The van der Waals surface area contributed by atoms with Crippen molar-refractivity contribution in [2.45, 2.75) is 28.9 Å². The van der Waals surface area contributed by atoms with Crippen molar-refractivity contribution in [2.24, 2.45) is 5.41 Å². The monoisotopic (exact) mass is 242 g/mol. The Balaban J connectivity index is 3.71. The Morgan fingerprint density at radius 1 is 1.62 bits per heavy atom. The molecule has 0 saturated heterocycles. The fourth-order valence-electron chi connectivity index (χ4n) is 0.209. The molecule has 1 atom stereocenters. The van der Waals surface area contributed by atoms with Crippen LogP contribution in [0.4, 0.5) is 0 Å². The van der Waals surface area contributed by atoms with E-state index < -0.39 is 0 Å². The maximum absolute atomic E-state index is 9.15. The van der Waals surface area contributed by atoms with Crippen LogP contribution in [0, 0.1) is 44.6 Å². The molecule has 0 bridgehead atoms. The van der Waals surface area contributed by atoms with Crippen molar-refractivity contribution in [3.8, 4) is 0 Å². The molecule has 1 nitrogen and oxygen atoms in total.